The van der Waals surface area contributed by atoms with Gasteiger partial charge in [0.1, 0.15) is 79.0 Å². The first-order valence-electron chi connectivity index (χ1n) is 46.1. The normalized spacial score (nSPS) is 20.6. The van der Waals surface area contributed by atoms with Gasteiger partial charge in [-0.25, -0.2) is 0 Å². The number of aliphatic hydroxyl groups is 2. The summed E-state index contributed by atoms with van der Waals surface area (Å²) < 4.78 is 0. The minimum Gasteiger partial charge on any atom is -0.480 e. The first kappa shape index (κ1) is 113. The summed E-state index contributed by atoms with van der Waals surface area (Å²) in [5, 5.41) is 97.3. The standard InChI is InChI=1S/C92H131N21O24S2/c1-4-5-28-64(99-74(116)47-96-81(126)56(2)98-75(117)49-110-34-36-111(50-77(120)121)38-40-113(52-79(124)125)41-39-112(37-35-110)51-78(122)123)83(128)100-65(30-17-19-32-93)84(129)107-72-54-138-139-55-73(91(136)106-71(53-114)82(127)97-48-76(118)119)108-88(133)69(44-60-25-13-8-14-26-60)105-92(137)80(57(3)115)109-85(130)66(31-18-20-33-94)101-89(134)70(45-61-46-95-63-29-16-15-27-62(61)63)104-87(132)67(42-58-21-9-6-10-22-58)102-86(131)68(103-90(72)135)43-59-23-11-7-12-24-59/h6-16,21-27,29,46,56-57,64-73,80,95,114-115H,4-5,17-20,28,30-45,47-55,93-94H2,1-3H3,(H,96,126)(H,97,127)(H,98,117)(H,99,116)(H,100,128)(H,101,134)(H,102,131)(H,103,135)(H,104,132)(H,105,137)(H,106,136)(H,107,129)(H,108,133)(H,109,130)(H,118,119)(H,120,121)(H,122,123)(H,124,125)/t56-,57+,64-,65-,66-,67-,68-,69-,70+,71-,72-,73-,80-/m0/s1. The maximum atomic E-state index is 15.7. The SMILES string of the molecule is CCCC[C@H](NC(=O)CNC(=O)[C@H](C)NC(=O)CN1CCN(CC(=O)O)CCN(CC(=O)O)CCN(CC(=O)O)CC1)C(=O)N[C@@H](CCCCN)C(=O)N[C@H]1CSSC[C@@H](C(=O)N[C@@H](CO)C(=O)NCC(=O)O)NC(=O)[C@H](Cc2ccccc2)NC(=O)[C@H]([C@@H](C)O)NC(=O)[C@H](CCCCN)NC(=O)[C@@H](Cc2c[nH]c3ccccc23)NC(=O)[C@H](Cc2ccccc2)NC(=O)[C@H](Cc2ccccc2)NC1=O. The molecule has 3 heterocycles. The van der Waals surface area contributed by atoms with E-state index in [1.165, 1.54) is 13.8 Å². The number of aliphatic carboxylic acids is 4. The van der Waals surface area contributed by atoms with Crippen LogP contribution in [0, 0.1) is 0 Å². The molecule has 5 aromatic rings. The van der Waals surface area contributed by atoms with Crippen molar-refractivity contribution in [3.05, 3.63) is 144 Å². The van der Waals surface area contributed by atoms with Gasteiger partial charge in [0.15, 0.2) is 0 Å². The predicted octanol–water partition coefficient (Wildman–Crippen LogP) is -4.72. The molecule has 2 fully saturated rings. The monoisotopic (exact) mass is 1980 g/mol. The quantitative estimate of drug-likeness (QED) is 0.0129. The molecule has 2 aliphatic rings. The Morgan fingerprint density at radius 3 is 1.37 bits per heavy atom. The minimum atomic E-state index is -1.90. The number of rotatable bonds is 43. The van der Waals surface area contributed by atoms with Gasteiger partial charge in [0.2, 0.25) is 82.7 Å². The molecule has 0 spiro atoms. The predicted molar refractivity (Wildman–Crippen MR) is 513 cm³/mol. The number of nitrogens with two attached hydrogens (primary N) is 2. The van der Waals surface area contributed by atoms with E-state index in [1.807, 2.05) is 0 Å². The molecule has 0 aliphatic carbocycles. The van der Waals surface area contributed by atoms with E-state index in [4.69, 9.17) is 11.5 Å². The number of hydrogen-bond acceptors (Lipinski definition) is 28. The minimum absolute atomic E-state index is 0.0359. The zero-order chi connectivity index (χ0) is 101. The van der Waals surface area contributed by atoms with Crippen LogP contribution in [-0.4, -0.2) is 363 Å². The lowest BCUT2D eigenvalue weighted by Gasteiger charge is -2.33. The van der Waals surface area contributed by atoms with E-state index >= 15 is 28.8 Å². The van der Waals surface area contributed by atoms with Gasteiger partial charge in [0, 0.05) is 107 Å². The molecule has 0 radical (unpaired) electrons. The molecule has 0 saturated carbocycles. The molecule has 4 aromatic carbocycles. The van der Waals surface area contributed by atoms with Crippen molar-refractivity contribution in [1.82, 2.24) is 99.0 Å². The highest BCUT2D eigenvalue weighted by Crippen LogP contribution is 2.26. The van der Waals surface area contributed by atoms with Gasteiger partial charge in [-0.3, -0.25) is 106 Å². The fourth-order valence-electron chi connectivity index (χ4n) is 15.2. The molecule has 139 heavy (non-hydrogen) atoms. The number of carbonyl (C=O) groups is 18. The number of benzene rings is 4. The van der Waals surface area contributed by atoms with E-state index in [-0.39, 0.29) is 143 Å². The molecule has 1 aromatic heterocycles. The van der Waals surface area contributed by atoms with Crippen LogP contribution >= 0.6 is 21.6 Å². The van der Waals surface area contributed by atoms with Crippen molar-refractivity contribution in [3.63, 3.8) is 0 Å². The number of aromatic amines is 1. The van der Waals surface area contributed by atoms with Crippen LogP contribution in [0.1, 0.15) is 101 Å². The molecule has 14 amide bonds. The van der Waals surface area contributed by atoms with E-state index in [1.54, 1.807) is 148 Å². The Morgan fingerprint density at radius 1 is 0.432 bits per heavy atom. The summed E-state index contributed by atoms with van der Waals surface area (Å²) in [7, 11) is 1.56. The number of nitrogens with zero attached hydrogens (tertiary/aromatic N) is 4. The first-order valence-corrected chi connectivity index (χ1v) is 48.6. The average molecular weight is 1980 g/mol. The number of hydrogen-bond donors (Lipinski definition) is 23. The topological polar surface area (TPSA) is 678 Å². The summed E-state index contributed by atoms with van der Waals surface area (Å²) in [5.41, 5.74) is 14.5. The Hall–Kier alpha value is -12.7. The highest BCUT2D eigenvalue weighted by molar-refractivity contribution is 8.76. The summed E-state index contributed by atoms with van der Waals surface area (Å²) in [6, 6.07) is 12.2. The first-order chi connectivity index (χ1) is 66.5. The molecule has 47 heteroatoms. The van der Waals surface area contributed by atoms with Crippen LogP contribution in [0.5, 0.6) is 0 Å². The number of carbonyl (C=O) groups excluding carboxylic acids is 14. The van der Waals surface area contributed by atoms with Gasteiger partial charge >= 0.3 is 23.9 Å². The second-order valence-corrected chi connectivity index (χ2v) is 36.4. The van der Waals surface area contributed by atoms with E-state index in [9.17, 15) is 88.2 Å². The third-order valence-corrected chi connectivity index (χ3v) is 25.2. The van der Waals surface area contributed by atoms with Gasteiger partial charge in [-0.1, -0.05) is 151 Å². The van der Waals surface area contributed by atoms with Gasteiger partial charge in [-0.05, 0) is 100 Å². The summed E-state index contributed by atoms with van der Waals surface area (Å²) in [6.07, 6.45) is 0.152. The maximum absolute atomic E-state index is 15.7. The fraction of sp³-hybridized carbons (Fsp3) is 0.522. The Morgan fingerprint density at radius 2 is 0.871 bits per heavy atom. The smallest absolute Gasteiger partial charge is 0.322 e. The third-order valence-electron chi connectivity index (χ3n) is 22.8. The van der Waals surface area contributed by atoms with Crippen LogP contribution in [0.25, 0.3) is 10.9 Å². The van der Waals surface area contributed by atoms with Crippen LogP contribution in [0.4, 0.5) is 0 Å². The lowest BCUT2D eigenvalue weighted by molar-refractivity contribution is -0.140. The number of fused-ring (bicyclic) bond motifs is 1. The molecule has 2 saturated heterocycles. The second kappa shape index (κ2) is 60.2. The van der Waals surface area contributed by atoms with Crippen LogP contribution in [0.2, 0.25) is 0 Å². The lowest BCUT2D eigenvalue weighted by Crippen LogP contribution is -2.63. The van der Waals surface area contributed by atoms with Gasteiger partial charge in [0.05, 0.1) is 45.4 Å². The molecule has 25 N–H and O–H groups in total. The van der Waals surface area contributed by atoms with Crippen molar-refractivity contribution < 1.29 is 117 Å². The number of para-hydroxylation sites is 1. The van der Waals surface area contributed by atoms with Crippen molar-refractivity contribution in [2.75, 3.05) is 123 Å². The van der Waals surface area contributed by atoms with E-state index in [0.717, 1.165) is 21.6 Å². The number of aliphatic hydroxyl groups excluding tert-OH is 2. The van der Waals surface area contributed by atoms with Crippen molar-refractivity contribution in [2.45, 2.75) is 183 Å². The number of carboxylic acid groups (broad SMARTS) is 4. The number of H-pyrrole nitrogens is 1. The molecule has 13 atom stereocenters. The molecule has 45 nitrogen and oxygen atoms in total. The summed E-state index contributed by atoms with van der Waals surface area (Å²) in [6.45, 7) is 1.01. The van der Waals surface area contributed by atoms with E-state index in [2.05, 4.69) is 79.4 Å². The van der Waals surface area contributed by atoms with Crippen LogP contribution in [-0.2, 0) is 112 Å². The number of nitrogens with one attached hydrogen (secondary N) is 15. The Kier molecular flexibility index (Phi) is 49.0. The molecule has 2 aliphatic heterocycles. The molecular weight excluding hydrogens is 1850 g/mol. The molecule has 0 bridgehead atoms. The molecular formula is C92H131N21O24S2. The lowest BCUT2D eigenvalue weighted by atomic mass is 10.00. The average Bonchev–Trinajstić information content (AvgIpc) is 1.71. The van der Waals surface area contributed by atoms with Crippen LogP contribution < -0.4 is 85.9 Å². The van der Waals surface area contributed by atoms with Crippen molar-refractivity contribution >= 4 is 139 Å². The molecule has 0 unspecified atom stereocenters. The van der Waals surface area contributed by atoms with Gasteiger partial charge in [-0.15, -0.1) is 0 Å². The molecule has 7 rings (SSSR count). The van der Waals surface area contributed by atoms with Gasteiger partial charge in [0.25, 0.3) is 0 Å². The third kappa shape index (κ3) is 40.7. The van der Waals surface area contributed by atoms with Crippen LogP contribution in [0.3, 0.4) is 0 Å². The van der Waals surface area contributed by atoms with Crippen LogP contribution in [0.15, 0.2) is 121 Å². The zero-order valence-corrected chi connectivity index (χ0v) is 79.6. The number of aromatic nitrogens is 1. The van der Waals surface area contributed by atoms with Crippen molar-refractivity contribution in [2.24, 2.45) is 11.5 Å². The second-order valence-electron chi connectivity index (χ2n) is 33.9. The fourth-order valence-corrected chi connectivity index (χ4v) is 17.5. The Balaban J connectivity index is 1.25. The van der Waals surface area contributed by atoms with Crippen molar-refractivity contribution in [1.29, 1.82) is 0 Å². The summed E-state index contributed by atoms with van der Waals surface area (Å²) in [5.74, 6) is -20.0. The maximum Gasteiger partial charge on any atom is 0.322 e. The number of amides is 14. The number of carboxylic acids is 4. The van der Waals surface area contributed by atoms with Crippen molar-refractivity contribution in [3.8, 4) is 0 Å². The Bertz CT molecular complexity index is 4890. The summed E-state index contributed by atoms with van der Waals surface area (Å²) >= 11 is 0. The Labute approximate surface area is 811 Å². The number of unbranched alkanes of at least 4 members (excludes halogenated alkanes) is 3. The van der Waals surface area contributed by atoms with E-state index < -0.39 is 229 Å². The highest BCUT2D eigenvalue weighted by Gasteiger charge is 2.40. The highest BCUT2D eigenvalue weighted by atomic mass is 33.1. The zero-order valence-electron chi connectivity index (χ0n) is 78.0. The molecule has 760 valence electrons. The van der Waals surface area contributed by atoms with Gasteiger partial charge in [-0.2, -0.15) is 0 Å². The van der Waals surface area contributed by atoms with E-state index in [0.29, 0.717) is 52.4 Å². The van der Waals surface area contributed by atoms with Gasteiger partial charge < -0.3 is 122 Å². The largest absolute Gasteiger partial charge is 0.480 e. The summed E-state index contributed by atoms with van der Waals surface area (Å²) in [4.78, 5) is 264.